The van der Waals surface area contributed by atoms with Crippen LogP contribution in [0.5, 0.6) is 5.75 Å². The minimum Gasteiger partial charge on any atom is -0.492 e. The van der Waals surface area contributed by atoms with Crippen molar-refractivity contribution in [2.75, 3.05) is 13.2 Å². The second-order valence-corrected chi connectivity index (χ2v) is 5.85. The maximum Gasteiger partial charge on any atom is 0.437 e. The number of carbonyl (C=O) groups excluding carboxylic acids is 1. The first-order valence-electron chi connectivity index (χ1n) is 8.31. The van der Waals surface area contributed by atoms with Crippen molar-refractivity contribution < 1.29 is 18.3 Å². The predicted molar refractivity (Wildman–Crippen MR) is 95.8 cm³/mol. The van der Waals surface area contributed by atoms with Crippen molar-refractivity contribution in [2.45, 2.75) is 13.5 Å². The summed E-state index contributed by atoms with van der Waals surface area (Å²) in [5, 5.41) is 6.60. The fourth-order valence-corrected chi connectivity index (χ4v) is 2.30. The van der Waals surface area contributed by atoms with Gasteiger partial charge in [-0.3, -0.25) is 4.79 Å². The molecular weight excluding hydrogens is 353 g/mol. The standard InChI is InChI=1S/C19H18FN3O4/c1-13-2-8-16(9-3-13)26-11-10-21-17(24)12-23-19(25)27-18(22-23)14-4-6-15(20)7-5-14/h2-9H,10-12H2,1H3,(H,21,24). The van der Waals surface area contributed by atoms with E-state index < -0.39 is 17.5 Å². The Hall–Kier alpha value is -3.42. The number of benzene rings is 2. The van der Waals surface area contributed by atoms with Crippen molar-refractivity contribution in [3.63, 3.8) is 0 Å². The second-order valence-electron chi connectivity index (χ2n) is 5.85. The van der Waals surface area contributed by atoms with E-state index in [-0.39, 0.29) is 19.0 Å². The summed E-state index contributed by atoms with van der Waals surface area (Å²) in [4.78, 5) is 23.8. The average molecular weight is 371 g/mol. The van der Waals surface area contributed by atoms with Crippen LogP contribution >= 0.6 is 0 Å². The number of aromatic nitrogens is 2. The van der Waals surface area contributed by atoms with Gasteiger partial charge in [-0.2, -0.15) is 4.68 Å². The lowest BCUT2D eigenvalue weighted by molar-refractivity contribution is -0.122. The molecule has 2 aromatic carbocycles. The number of rotatable bonds is 7. The van der Waals surface area contributed by atoms with Crippen LogP contribution in [-0.2, 0) is 11.3 Å². The molecule has 0 fully saturated rings. The molecule has 0 saturated carbocycles. The lowest BCUT2D eigenvalue weighted by atomic mass is 10.2. The highest BCUT2D eigenvalue weighted by Gasteiger charge is 2.13. The van der Waals surface area contributed by atoms with Crippen LogP contribution in [0.3, 0.4) is 0 Å². The van der Waals surface area contributed by atoms with E-state index in [4.69, 9.17) is 9.15 Å². The average Bonchev–Trinajstić information content (AvgIpc) is 3.01. The predicted octanol–water partition coefficient (Wildman–Crippen LogP) is 2.15. The van der Waals surface area contributed by atoms with Crippen molar-refractivity contribution in [2.24, 2.45) is 0 Å². The first kappa shape index (κ1) is 18.4. The normalized spacial score (nSPS) is 10.6. The summed E-state index contributed by atoms with van der Waals surface area (Å²) in [6.45, 7) is 2.28. The number of aryl methyl sites for hydroxylation is 1. The van der Waals surface area contributed by atoms with E-state index >= 15 is 0 Å². The van der Waals surface area contributed by atoms with Crippen LogP contribution in [0.15, 0.2) is 57.7 Å². The highest BCUT2D eigenvalue weighted by atomic mass is 19.1. The summed E-state index contributed by atoms with van der Waals surface area (Å²) >= 11 is 0. The zero-order valence-electron chi connectivity index (χ0n) is 14.6. The van der Waals surface area contributed by atoms with Gasteiger partial charge >= 0.3 is 5.76 Å². The maximum absolute atomic E-state index is 13.0. The number of hydrogen-bond donors (Lipinski definition) is 1. The maximum atomic E-state index is 13.0. The van der Waals surface area contributed by atoms with E-state index in [1.807, 2.05) is 31.2 Å². The van der Waals surface area contributed by atoms with Gasteiger partial charge in [-0.25, -0.2) is 9.18 Å². The molecule has 0 aliphatic rings. The van der Waals surface area contributed by atoms with Crippen molar-refractivity contribution in [1.29, 1.82) is 0 Å². The molecule has 0 aliphatic carbocycles. The van der Waals surface area contributed by atoms with Crippen molar-refractivity contribution in [1.82, 2.24) is 15.1 Å². The Bertz CT molecular complexity index is 962. The Labute approximate surface area is 154 Å². The van der Waals surface area contributed by atoms with Crippen LogP contribution in [-0.4, -0.2) is 28.8 Å². The lowest BCUT2D eigenvalue weighted by Crippen LogP contribution is -2.33. The summed E-state index contributed by atoms with van der Waals surface area (Å²) in [6.07, 6.45) is 0. The van der Waals surface area contributed by atoms with Gasteiger partial charge in [0, 0.05) is 5.56 Å². The molecule has 1 heterocycles. The molecule has 0 spiro atoms. The van der Waals surface area contributed by atoms with Crippen molar-refractivity contribution in [3.8, 4) is 17.2 Å². The van der Waals surface area contributed by atoms with Gasteiger partial charge in [-0.1, -0.05) is 17.7 Å². The number of hydrogen-bond acceptors (Lipinski definition) is 5. The van der Waals surface area contributed by atoms with Gasteiger partial charge in [0.2, 0.25) is 11.8 Å². The van der Waals surface area contributed by atoms with Gasteiger partial charge in [0.15, 0.2) is 0 Å². The Kier molecular flexibility index (Phi) is 5.65. The van der Waals surface area contributed by atoms with Crippen LogP contribution in [0.4, 0.5) is 4.39 Å². The van der Waals surface area contributed by atoms with Crippen LogP contribution in [0.25, 0.3) is 11.5 Å². The molecule has 0 saturated heterocycles. The van der Waals surface area contributed by atoms with Gasteiger partial charge in [0.25, 0.3) is 0 Å². The second kappa shape index (κ2) is 8.31. The summed E-state index contributed by atoms with van der Waals surface area (Å²) in [6, 6.07) is 12.9. The van der Waals surface area contributed by atoms with Gasteiger partial charge in [-0.15, -0.1) is 5.10 Å². The first-order chi connectivity index (χ1) is 13.0. The SMILES string of the molecule is Cc1ccc(OCCNC(=O)Cn2nc(-c3ccc(F)cc3)oc2=O)cc1. The Morgan fingerprint density at radius 2 is 1.89 bits per heavy atom. The summed E-state index contributed by atoms with van der Waals surface area (Å²) in [5.74, 6) is -0.835. The minimum absolute atomic E-state index is 0.0236. The fourth-order valence-electron chi connectivity index (χ4n) is 2.30. The van der Waals surface area contributed by atoms with E-state index in [0.717, 1.165) is 10.2 Å². The molecule has 27 heavy (non-hydrogen) atoms. The van der Waals surface area contributed by atoms with Crippen LogP contribution < -0.4 is 15.8 Å². The van der Waals surface area contributed by atoms with E-state index in [9.17, 15) is 14.0 Å². The fraction of sp³-hybridized carbons (Fsp3) is 0.211. The summed E-state index contributed by atoms with van der Waals surface area (Å²) < 4.78 is 24.4. The monoisotopic (exact) mass is 371 g/mol. The number of halogens is 1. The molecule has 0 radical (unpaired) electrons. The van der Waals surface area contributed by atoms with Crippen molar-refractivity contribution in [3.05, 3.63) is 70.5 Å². The summed E-state index contributed by atoms with van der Waals surface area (Å²) in [5.41, 5.74) is 1.58. The Balaban J connectivity index is 1.50. The number of amides is 1. The highest BCUT2D eigenvalue weighted by Crippen LogP contribution is 2.15. The molecule has 3 rings (SSSR count). The molecule has 7 nitrogen and oxygen atoms in total. The summed E-state index contributed by atoms with van der Waals surface area (Å²) in [7, 11) is 0. The third kappa shape index (κ3) is 5.04. The molecule has 0 aliphatic heterocycles. The van der Waals surface area contributed by atoms with E-state index in [0.29, 0.717) is 17.9 Å². The molecule has 0 unspecified atom stereocenters. The van der Waals surface area contributed by atoms with Crippen LogP contribution in [0.2, 0.25) is 0 Å². The van der Waals surface area contributed by atoms with Crippen LogP contribution in [0, 0.1) is 12.7 Å². The van der Waals surface area contributed by atoms with Crippen LogP contribution in [0.1, 0.15) is 5.56 Å². The molecule has 1 N–H and O–H groups in total. The largest absolute Gasteiger partial charge is 0.492 e. The van der Waals surface area contributed by atoms with E-state index in [2.05, 4.69) is 10.4 Å². The molecule has 0 bridgehead atoms. The number of carbonyl (C=O) groups is 1. The molecule has 140 valence electrons. The van der Waals surface area contributed by atoms with E-state index in [1.165, 1.54) is 24.3 Å². The van der Waals surface area contributed by atoms with Gasteiger partial charge in [0.1, 0.15) is 24.7 Å². The molecule has 1 amide bonds. The van der Waals surface area contributed by atoms with E-state index in [1.54, 1.807) is 0 Å². The van der Waals surface area contributed by atoms with Crippen molar-refractivity contribution >= 4 is 5.91 Å². The molecule has 0 atom stereocenters. The lowest BCUT2D eigenvalue weighted by Gasteiger charge is -2.07. The van der Waals surface area contributed by atoms with Gasteiger partial charge in [0.05, 0.1) is 6.54 Å². The third-order valence-corrected chi connectivity index (χ3v) is 3.70. The third-order valence-electron chi connectivity index (χ3n) is 3.70. The zero-order valence-corrected chi connectivity index (χ0v) is 14.6. The minimum atomic E-state index is -0.764. The number of nitrogens with one attached hydrogen (secondary N) is 1. The molecular formula is C19H18FN3O4. The highest BCUT2D eigenvalue weighted by molar-refractivity contribution is 5.75. The topological polar surface area (TPSA) is 86.4 Å². The Morgan fingerprint density at radius 3 is 2.59 bits per heavy atom. The first-order valence-corrected chi connectivity index (χ1v) is 8.31. The Morgan fingerprint density at radius 1 is 1.19 bits per heavy atom. The number of ether oxygens (including phenoxy) is 1. The quantitative estimate of drug-likeness (QED) is 0.643. The smallest absolute Gasteiger partial charge is 0.437 e. The molecule has 1 aromatic heterocycles. The molecule has 8 heteroatoms. The van der Waals surface area contributed by atoms with Gasteiger partial charge in [-0.05, 0) is 43.3 Å². The van der Waals surface area contributed by atoms with Gasteiger partial charge < -0.3 is 14.5 Å². The molecule has 3 aromatic rings. The number of nitrogens with zero attached hydrogens (tertiary/aromatic N) is 2. The zero-order chi connectivity index (χ0) is 19.2.